The van der Waals surface area contributed by atoms with Gasteiger partial charge in [0.1, 0.15) is 0 Å². The lowest BCUT2D eigenvalue weighted by Gasteiger charge is -2.16. The Morgan fingerprint density at radius 1 is 1.00 bits per heavy atom. The fourth-order valence-electron chi connectivity index (χ4n) is 2.98. The number of benzene rings is 3. The number of hydrogen-bond acceptors (Lipinski definition) is 7. The van der Waals surface area contributed by atoms with Crippen LogP contribution < -0.4 is 19.5 Å². The lowest BCUT2D eigenvalue weighted by atomic mass is 10.1. The lowest BCUT2D eigenvalue weighted by molar-refractivity contribution is -0.384. The second kappa shape index (κ2) is 10.6. The number of anilines is 1. The zero-order chi connectivity index (χ0) is 24.9. The largest absolute Gasteiger partial charge is 0.493 e. The average molecular weight is 548 g/mol. The van der Waals surface area contributed by atoms with Crippen LogP contribution in [0.25, 0.3) is 5.70 Å². The van der Waals surface area contributed by atoms with Gasteiger partial charge in [0.2, 0.25) is 0 Å². The predicted molar refractivity (Wildman–Crippen MR) is 133 cm³/mol. The van der Waals surface area contributed by atoms with E-state index in [0.29, 0.717) is 32.9 Å². The van der Waals surface area contributed by atoms with Crippen LogP contribution in [0.15, 0.2) is 76.2 Å². The molecule has 0 fully saturated rings. The van der Waals surface area contributed by atoms with Crippen molar-refractivity contribution in [3.05, 3.63) is 92.6 Å². The minimum absolute atomic E-state index is 0.0888. The zero-order valence-corrected chi connectivity index (χ0v) is 20.9. The summed E-state index contributed by atoms with van der Waals surface area (Å²) in [5.74, 6) is 0.944. The molecule has 3 aromatic carbocycles. The number of hydrogen-bond donors (Lipinski definition) is 2. The summed E-state index contributed by atoms with van der Waals surface area (Å²) in [6.45, 7) is 1.87. The van der Waals surface area contributed by atoms with Crippen molar-refractivity contribution in [1.29, 1.82) is 0 Å². The molecule has 0 heterocycles. The third-order valence-electron chi connectivity index (χ3n) is 4.82. The van der Waals surface area contributed by atoms with Crippen LogP contribution in [0.2, 0.25) is 0 Å². The van der Waals surface area contributed by atoms with Crippen molar-refractivity contribution >= 4 is 43.0 Å². The topological polar surface area (TPSA) is 120 Å². The molecule has 34 heavy (non-hydrogen) atoms. The standard InChI is InChI=1S/C23H22BrN3O6S/c1-15-4-8-18(9-5-15)34(30,31)25-14-21(16-6-11-22(32-2)23(12-16)33-3)26-20-10-7-17(27(28)29)13-19(20)24/h4-14,25-26H,1-3H3/b21-14-. The average Bonchev–Trinajstić information content (AvgIpc) is 2.82. The van der Waals surface area contributed by atoms with Crippen LogP contribution in [0.3, 0.4) is 0 Å². The molecule has 0 aliphatic heterocycles. The van der Waals surface area contributed by atoms with Crippen molar-refractivity contribution in [3.8, 4) is 11.5 Å². The molecule has 0 aliphatic rings. The monoisotopic (exact) mass is 547 g/mol. The van der Waals surface area contributed by atoms with Crippen LogP contribution in [-0.2, 0) is 10.0 Å². The van der Waals surface area contributed by atoms with Crippen molar-refractivity contribution in [2.75, 3.05) is 19.5 Å². The van der Waals surface area contributed by atoms with Gasteiger partial charge >= 0.3 is 0 Å². The molecule has 2 N–H and O–H groups in total. The number of methoxy groups -OCH3 is 2. The van der Waals surface area contributed by atoms with E-state index < -0.39 is 14.9 Å². The Hall–Kier alpha value is -3.57. The number of nitrogens with one attached hydrogen (secondary N) is 2. The molecule has 11 heteroatoms. The van der Waals surface area contributed by atoms with E-state index in [0.717, 1.165) is 5.56 Å². The minimum atomic E-state index is -3.85. The Morgan fingerprint density at radius 3 is 2.26 bits per heavy atom. The van der Waals surface area contributed by atoms with Gasteiger partial charge in [0.15, 0.2) is 11.5 Å². The molecule has 0 atom stereocenters. The molecule has 3 aromatic rings. The van der Waals surface area contributed by atoms with Gasteiger partial charge in [0, 0.05) is 28.4 Å². The summed E-state index contributed by atoms with van der Waals surface area (Å²) in [7, 11) is -0.851. The van der Waals surface area contributed by atoms with Gasteiger partial charge in [-0.3, -0.25) is 14.8 Å². The number of nitro groups is 1. The van der Waals surface area contributed by atoms with Crippen LogP contribution in [-0.4, -0.2) is 27.6 Å². The Bertz CT molecular complexity index is 1340. The van der Waals surface area contributed by atoms with E-state index in [1.54, 1.807) is 30.3 Å². The maximum Gasteiger partial charge on any atom is 0.270 e. The third kappa shape index (κ3) is 5.86. The summed E-state index contributed by atoms with van der Waals surface area (Å²) in [6.07, 6.45) is 1.31. The first-order chi connectivity index (χ1) is 16.1. The Labute approximate surface area is 205 Å². The van der Waals surface area contributed by atoms with Crippen LogP contribution in [0.5, 0.6) is 11.5 Å². The van der Waals surface area contributed by atoms with Crippen molar-refractivity contribution in [1.82, 2.24) is 4.72 Å². The molecule has 0 aromatic heterocycles. The van der Waals surface area contributed by atoms with E-state index in [1.165, 1.54) is 50.8 Å². The molecule has 3 rings (SSSR count). The predicted octanol–water partition coefficient (Wildman–Crippen LogP) is 5.07. The van der Waals surface area contributed by atoms with Crippen molar-refractivity contribution in [2.45, 2.75) is 11.8 Å². The quantitative estimate of drug-likeness (QED) is 0.283. The molecule has 178 valence electrons. The number of non-ortho nitro benzene ring substituents is 1. The summed E-state index contributed by atoms with van der Waals surface area (Å²) in [5, 5.41) is 14.2. The lowest BCUT2D eigenvalue weighted by Crippen LogP contribution is -2.19. The molecule has 0 unspecified atom stereocenters. The van der Waals surface area contributed by atoms with Gasteiger partial charge in [-0.15, -0.1) is 0 Å². The van der Waals surface area contributed by atoms with E-state index in [4.69, 9.17) is 9.47 Å². The van der Waals surface area contributed by atoms with Gasteiger partial charge in [-0.1, -0.05) is 17.7 Å². The molecule has 0 spiro atoms. The zero-order valence-electron chi connectivity index (χ0n) is 18.5. The normalized spacial score (nSPS) is 11.6. The third-order valence-corrected chi connectivity index (χ3v) is 6.79. The number of nitrogens with zero attached hydrogens (tertiary/aromatic N) is 1. The summed E-state index contributed by atoms with van der Waals surface area (Å²) in [6, 6.07) is 15.7. The van der Waals surface area contributed by atoms with Gasteiger partial charge in [0.05, 0.1) is 35.4 Å². The van der Waals surface area contributed by atoms with Crippen LogP contribution in [0, 0.1) is 17.0 Å². The minimum Gasteiger partial charge on any atom is -0.493 e. The first-order valence-corrected chi connectivity index (χ1v) is 12.1. The number of sulfonamides is 1. The van der Waals surface area contributed by atoms with E-state index in [-0.39, 0.29) is 10.6 Å². The second-order valence-corrected chi connectivity index (χ2v) is 9.68. The van der Waals surface area contributed by atoms with E-state index in [9.17, 15) is 18.5 Å². The molecule has 9 nitrogen and oxygen atoms in total. The fourth-order valence-corrected chi connectivity index (χ4v) is 4.35. The molecule has 0 radical (unpaired) electrons. The van der Waals surface area contributed by atoms with Gasteiger partial charge in [-0.05, 0) is 59.3 Å². The first-order valence-electron chi connectivity index (χ1n) is 9.87. The second-order valence-electron chi connectivity index (χ2n) is 7.11. The van der Waals surface area contributed by atoms with Gasteiger partial charge in [-0.25, -0.2) is 8.42 Å². The summed E-state index contributed by atoms with van der Waals surface area (Å²) >= 11 is 3.32. The molecule has 0 bridgehead atoms. The highest BCUT2D eigenvalue weighted by molar-refractivity contribution is 9.10. The van der Waals surface area contributed by atoms with E-state index >= 15 is 0 Å². The maximum atomic E-state index is 12.8. The van der Waals surface area contributed by atoms with E-state index in [2.05, 4.69) is 26.0 Å². The van der Waals surface area contributed by atoms with Gasteiger partial charge in [0.25, 0.3) is 15.7 Å². The van der Waals surface area contributed by atoms with Crippen molar-refractivity contribution < 1.29 is 22.8 Å². The maximum absolute atomic E-state index is 12.8. The van der Waals surface area contributed by atoms with Gasteiger partial charge < -0.3 is 14.8 Å². The highest BCUT2D eigenvalue weighted by atomic mass is 79.9. The highest BCUT2D eigenvalue weighted by Crippen LogP contribution is 2.33. The highest BCUT2D eigenvalue weighted by Gasteiger charge is 2.16. The molecule has 0 aliphatic carbocycles. The summed E-state index contributed by atoms with van der Waals surface area (Å²) in [5.41, 5.74) is 2.28. The molecule has 0 saturated heterocycles. The molecule has 0 saturated carbocycles. The smallest absolute Gasteiger partial charge is 0.270 e. The van der Waals surface area contributed by atoms with Crippen LogP contribution >= 0.6 is 15.9 Å². The van der Waals surface area contributed by atoms with Gasteiger partial charge in [-0.2, -0.15) is 0 Å². The van der Waals surface area contributed by atoms with Crippen LogP contribution in [0.4, 0.5) is 11.4 Å². The summed E-state index contributed by atoms with van der Waals surface area (Å²) in [4.78, 5) is 10.7. The number of aryl methyl sites for hydroxylation is 1. The molecular formula is C23H22BrN3O6S. The molecular weight excluding hydrogens is 526 g/mol. The van der Waals surface area contributed by atoms with Crippen molar-refractivity contribution in [3.63, 3.8) is 0 Å². The number of rotatable bonds is 9. The SMILES string of the molecule is COc1ccc(/C(=C/NS(=O)(=O)c2ccc(C)cc2)Nc2ccc([N+](=O)[O-])cc2Br)cc1OC. The Kier molecular flexibility index (Phi) is 7.79. The first kappa shape index (κ1) is 25.1. The summed E-state index contributed by atoms with van der Waals surface area (Å²) < 4.78 is 39.2. The fraction of sp³-hybridized carbons (Fsp3) is 0.130. The Morgan fingerprint density at radius 2 is 1.68 bits per heavy atom. The van der Waals surface area contributed by atoms with E-state index in [1.807, 2.05) is 6.92 Å². The van der Waals surface area contributed by atoms with Crippen LogP contribution in [0.1, 0.15) is 11.1 Å². The van der Waals surface area contributed by atoms with Crippen molar-refractivity contribution in [2.24, 2.45) is 0 Å². The Balaban J connectivity index is 2.03. The number of ether oxygens (including phenoxy) is 2. The number of nitro benzene ring substituents is 1. The molecule has 0 amide bonds. The number of halogens is 1.